The Bertz CT molecular complexity index is 1030. The van der Waals surface area contributed by atoms with E-state index in [1.165, 1.54) is 0 Å². The van der Waals surface area contributed by atoms with Crippen LogP contribution in [-0.2, 0) is 12.8 Å². The normalized spacial score (nSPS) is 12.8. The van der Waals surface area contributed by atoms with Crippen LogP contribution in [0.2, 0.25) is 15.1 Å². The van der Waals surface area contributed by atoms with Gasteiger partial charge in [0.05, 0.1) is 16.2 Å². The van der Waals surface area contributed by atoms with Crippen LogP contribution in [0.3, 0.4) is 0 Å². The monoisotopic (exact) mass is 395 g/mol. The van der Waals surface area contributed by atoms with Crippen molar-refractivity contribution in [3.63, 3.8) is 0 Å². The van der Waals surface area contributed by atoms with E-state index in [9.17, 15) is 4.79 Å². The highest BCUT2D eigenvalue weighted by Gasteiger charge is 2.26. The van der Waals surface area contributed by atoms with Gasteiger partial charge in [0.25, 0.3) is 5.24 Å². The summed E-state index contributed by atoms with van der Waals surface area (Å²) in [5.74, 6) is 0. The molecule has 0 saturated heterocycles. The molecule has 0 amide bonds. The van der Waals surface area contributed by atoms with E-state index in [0.717, 1.165) is 28.8 Å². The lowest BCUT2D eigenvalue weighted by molar-refractivity contribution is 0.108. The summed E-state index contributed by atoms with van der Waals surface area (Å²) in [4.78, 5) is 16.9. The number of hydrogen-bond donors (Lipinski definition) is 0. The van der Waals surface area contributed by atoms with Crippen LogP contribution < -0.4 is 0 Å². The molecule has 1 aliphatic rings. The Morgan fingerprint density at radius 1 is 1.00 bits per heavy atom. The van der Waals surface area contributed by atoms with Crippen LogP contribution in [0.4, 0.5) is 0 Å². The van der Waals surface area contributed by atoms with Gasteiger partial charge in [-0.3, -0.25) is 4.79 Å². The van der Waals surface area contributed by atoms with Gasteiger partial charge in [0.15, 0.2) is 0 Å². The number of benzene rings is 2. The molecule has 24 heavy (non-hydrogen) atoms. The van der Waals surface area contributed by atoms with E-state index in [4.69, 9.17) is 51.4 Å². The highest BCUT2D eigenvalue weighted by atomic mass is 35.5. The molecule has 1 heterocycles. The van der Waals surface area contributed by atoms with Gasteiger partial charge in [-0.05, 0) is 59.8 Å². The summed E-state index contributed by atoms with van der Waals surface area (Å²) in [5.41, 5.74) is 4.56. The average molecular weight is 397 g/mol. The Balaban J connectivity index is 2.15. The predicted octanol–water partition coefficient (Wildman–Crippen LogP) is 6.34. The molecule has 4 rings (SSSR count). The number of rotatable bonds is 1. The van der Waals surface area contributed by atoms with Crippen molar-refractivity contribution in [2.24, 2.45) is 0 Å². The third-order valence-corrected chi connectivity index (χ3v) is 5.20. The summed E-state index contributed by atoms with van der Waals surface area (Å²) < 4.78 is 0. The summed E-state index contributed by atoms with van der Waals surface area (Å²) in [6.45, 7) is 0. The van der Waals surface area contributed by atoms with Gasteiger partial charge in [-0.2, -0.15) is 0 Å². The van der Waals surface area contributed by atoms with Crippen LogP contribution in [0.5, 0.6) is 0 Å². The van der Waals surface area contributed by atoms with Crippen molar-refractivity contribution in [2.45, 2.75) is 12.8 Å². The number of hydrogen-bond acceptors (Lipinski definition) is 2. The summed E-state index contributed by atoms with van der Waals surface area (Å²) in [7, 11) is 0. The quantitative estimate of drug-likeness (QED) is 0.449. The molecular formula is C18H9Cl4NO. The van der Waals surface area contributed by atoms with Crippen LogP contribution in [0, 0.1) is 0 Å². The van der Waals surface area contributed by atoms with Gasteiger partial charge in [-0.1, -0.05) is 40.9 Å². The molecule has 0 aliphatic heterocycles. The molecule has 0 saturated carbocycles. The topological polar surface area (TPSA) is 30.0 Å². The number of fused-ring (bicyclic) bond motifs is 4. The van der Waals surface area contributed by atoms with E-state index >= 15 is 0 Å². The molecule has 0 spiro atoms. The van der Waals surface area contributed by atoms with Gasteiger partial charge in [0.2, 0.25) is 0 Å². The maximum atomic E-state index is 12.2. The van der Waals surface area contributed by atoms with E-state index < -0.39 is 5.24 Å². The maximum absolute atomic E-state index is 12.2. The van der Waals surface area contributed by atoms with Gasteiger partial charge in [-0.25, -0.2) is 4.98 Å². The lowest BCUT2D eigenvalue weighted by Crippen LogP contribution is -2.11. The largest absolute Gasteiger partial charge is 0.276 e. The molecule has 120 valence electrons. The first-order valence-electron chi connectivity index (χ1n) is 7.26. The predicted molar refractivity (Wildman–Crippen MR) is 99.8 cm³/mol. The second-order valence-electron chi connectivity index (χ2n) is 5.67. The molecule has 0 fully saturated rings. The van der Waals surface area contributed by atoms with Crippen molar-refractivity contribution in [2.75, 3.05) is 0 Å². The van der Waals surface area contributed by atoms with E-state index in [1.807, 2.05) is 18.2 Å². The Hall–Kier alpha value is -1.32. The minimum Gasteiger partial charge on any atom is -0.276 e. The molecule has 1 aromatic heterocycles. The van der Waals surface area contributed by atoms with Crippen molar-refractivity contribution in [3.05, 3.63) is 62.1 Å². The van der Waals surface area contributed by atoms with Crippen molar-refractivity contribution in [1.82, 2.24) is 4.98 Å². The zero-order chi connectivity index (χ0) is 17.0. The van der Waals surface area contributed by atoms with Gasteiger partial charge in [0, 0.05) is 26.6 Å². The maximum Gasteiger partial charge on any atom is 0.253 e. The first kappa shape index (κ1) is 16.2. The molecule has 2 nitrogen and oxygen atoms in total. The number of halogens is 4. The smallest absolute Gasteiger partial charge is 0.253 e. The summed E-state index contributed by atoms with van der Waals surface area (Å²) >= 11 is 24.4. The fourth-order valence-electron chi connectivity index (χ4n) is 3.28. The third-order valence-electron chi connectivity index (χ3n) is 4.27. The zero-order valence-electron chi connectivity index (χ0n) is 12.2. The number of carbonyl (C=O) groups excluding carboxylic acids is 1. The average Bonchev–Trinajstić information content (AvgIpc) is 2.52. The van der Waals surface area contributed by atoms with Gasteiger partial charge >= 0.3 is 0 Å². The summed E-state index contributed by atoms with van der Waals surface area (Å²) in [6.07, 6.45) is 1.42. The fraction of sp³-hybridized carbons (Fsp3) is 0.111. The van der Waals surface area contributed by atoms with Crippen molar-refractivity contribution in [1.29, 1.82) is 0 Å². The van der Waals surface area contributed by atoms with Crippen LogP contribution in [0.1, 0.15) is 21.5 Å². The first-order valence-corrected chi connectivity index (χ1v) is 8.77. The summed E-state index contributed by atoms with van der Waals surface area (Å²) in [5, 5.41) is 1.56. The number of carbonyl (C=O) groups is 1. The number of aryl methyl sites for hydroxylation is 1. The highest BCUT2D eigenvalue weighted by Crippen LogP contribution is 2.40. The lowest BCUT2D eigenvalue weighted by Gasteiger charge is -2.22. The summed E-state index contributed by atoms with van der Waals surface area (Å²) in [6, 6.07) is 8.95. The molecule has 0 radical (unpaired) electrons. The van der Waals surface area contributed by atoms with Crippen LogP contribution >= 0.6 is 46.4 Å². The number of nitrogens with zero attached hydrogens (tertiary/aromatic N) is 1. The molecule has 2 aromatic carbocycles. The van der Waals surface area contributed by atoms with E-state index in [2.05, 4.69) is 0 Å². The number of aromatic nitrogens is 1. The van der Waals surface area contributed by atoms with Crippen molar-refractivity contribution < 1.29 is 4.79 Å². The molecule has 0 unspecified atom stereocenters. The van der Waals surface area contributed by atoms with Gasteiger partial charge in [-0.15, -0.1) is 0 Å². The second-order valence-corrected chi connectivity index (χ2v) is 7.30. The van der Waals surface area contributed by atoms with E-state index in [-0.39, 0.29) is 0 Å². The van der Waals surface area contributed by atoms with Gasteiger partial charge in [0.1, 0.15) is 0 Å². The lowest BCUT2D eigenvalue weighted by atomic mass is 9.85. The Morgan fingerprint density at radius 3 is 2.54 bits per heavy atom. The van der Waals surface area contributed by atoms with Crippen molar-refractivity contribution in [3.8, 4) is 11.3 Å². The second kappa shape index (κ2) is 5.89. The molecule has 0 atom stereocenters. The van der Waals surface area contributed by atoms with Crippen LogP contribution in [-0.4, -0.2) is 10.2 Å². The number of pyridine rings is 1. The van der Waals surface area contributed by atoms with E-state index in [1.54, 1.807) is 12.1 Å². The molecular weight excluding hydrogens is 388 g/mol. The minimum absolute atomic E-state index is 0.389. The molecule has 0 bridgehead atoms. The standard InChI is InChI=1S/C18H9Cl4NO/c19-9-2-4-11-8(5-9)1-3-12-15(18(22)24)13-6-10(20)7-14(21)17(13)23-16(11)12/h2,4-7H,1,3H2. The SMILES string of the molecule is O=C(Cl)c1c2c(nc3c(Cl)cc(Cl)cc13)-c1ccc(Cl)cc1CC2. The van der Waals surface area contributed by atoms with Gasteiger partial charge < -0.3 is 0 Å². The van der Waals surface area contributed by atoms with Crippen LogP contribution in [0.15, 0.2) is 30.3 Å². The molecule has 3 aromatic rings. The molecule has 6 heteroatoms. The van der Waals surface area contributed by atoms with Crippen LogP contribution in [0.25, 0.3) is 22.2 Å². The first-order chi connectivity index (χ1) is 11.5. The minimum atomic E-state index is -0.533. The third kappa shape index (κ3) is 2.49. The Morgan fingerprint density at radius 2 is 1.79 bits per heavy atom. The van der Waals surface area contributed by atoms with E-state index in [0.29, 0.717) is 38.0 Å². The highest BCUT2D eigenvalue weighted by molar-refractivity contribution is 6.69. The Labute approximate surface area is 158 Å². The Kier molecular flexibility index (Phi) is 3.97. The molecule has 1 aliphatic carbocycles. The van der Waals surface area contributed by atoms with Crippen molar-refractivity contribution >= 4 is 62.5 Å². The molecule has 0 N–H and O–H groups in total. The fourth-order valence-corrected chi connectivity index (χ4v) is 4.23. The zero-order valence-corrected chi connectivity index (χ0v) is 15.2.